The van der Waals surface area contributed by atoms with Gasteiger partial charge in [0.15, 0.2) is 0 Å². The van der Waals surface area contributed by atoms with Crippen LogP contribution in [-0.2, 0) is 11.3 Å². The van der Waals surface area contributed by atoms with Crippen LogP contribution in [0, 0.1) is 29.9 Å². The number of rotatable bonds is 5. The van der Waals surface area contributed by atoms with Gasteiger partial charge in [-0.05, 0) is 31.0 Å². The lowest BCUT2D eigenvalue weighted by Gasteiger charge is -2.14. The molecule has 7 heteroatoms. The van der Waals surface area contributed by atoms with E-state index in [0.29, 0.717) is 0 Å². The Morgan fingerprint density at radius 2 is 2.18 bits per heavy atom. The molecule has 1 aromatic carbocycles. The average molecular weight is 302 g/mol. The maximum absolute atomic E-state index is 12.2. The van der Waals surface area contributed by atoms with Crippen LogP contribution in [0.3, 0.4) is 0 Å². The quantitative estimate of drug-likeness (QED) is 0.679. The molecule has 1 unspecified atom stereocenters. The van der Waals surface area contributed by atoms with Crippen molar-refractivity contribution in [2.24, 2.45) is 5.92 Å². The van der Waals surface area contributed by atoms with Gasteiger partial charge >= 0.3 is 5.69 Å². The van der Waals surface area contributed by atoms with Gasteiger partial charge in [0.1, 0.15) is 12.4 Å². The van der Waals surface area contributed by atoms with Gasteiger partial charge in [0.2, 0.25) is 5.91 Å². The van der Waals surface area contributed by atoms with Crippen LogP contribution in [-0.4, -0.2) is 20.6 Å². The number of nitrogens with zero attached hydrogens (tertiary/aromatic N) is 3. The number of carbonyl (C=O) groups excluding carboxylic acids is 1. The van der Waals surface area contributed by atoms with Crippen molar-refractivity contribution in [2.45, 2.75) is 27.3 Å². The summed E-state index contributed by atoms with van der Waals surface area (Å²) in [5, 5.41) is 17.4. The molecule has 0 aliphatic heterocycles. The number of carbonyl (C=O) groups is 1. The predicted molar refractivity (Wildman–Crippen MR) is 82.6 cm³/mol. The van der Waals surface area contributed by atoms with Gasteiger partial charge in [-0.25, -0.2) is 0 Å². The van der Waals surface area contributed by atoms with Crippen LogP contribution in [0.4, 0.5) is 11.4 Å². The van der Waals surface area contributed by atoms with Crippen molar-refractivity contribution in [3.8, 4) is 0 Å². The summed E-state index contributed by atoms with van der Waals surface area (Å²) < 4.78 is 1.41. The smallest absolute Gasteiger partial charge is 0.306 e. The van der Waals surface area contributed by atoms with E-state index in [0.717, 1.165) is 16.8 Å². The fourth-order valence-electron chi connectivity index (χ4n) is 2.05. The van der Waals surface area contributed by atoms with Crippen molar-refractivity contribution >= 4 is 17.3 Å². The minimum absolute atomic E-state index is 0.0814. The predicted octanol–water partition coefficient (Wildman–Crippen LogP) is 2.68. The lowest BCUT2D eigenvalue weighted by Crippen LogP contribution is -2.25. The largest absolute Gasteiger partial charge is 0.326 e. The van der Waals surface area contributed by atoms with E-state index < -0.39 is 4.92 Å². The topological polar surface area (TPSA) is 90.1 Å². The fraction of sp³-hybridized carbons (Fsp3) is 0.333. The second kappa shape index (κ2) is 6.38. The highest BCUT2D eigenvalue weighted by molar-refractivity contribution is 5.93. The molecule has 1 aromatic heterocycles. The Balaban J connectivity index is 2.02. The molecule has 0 fully saturated rings. The molecule has 0 aliphatic rings. The van der Waals surface area contributed by atoms with Crippen LogP contribution in [0.1, 0.15) is 18.1 Å². The molecule has 7 nitrogen and oxygen atoms in total. The summed E-state index contributed by atoms with van der Waals surface area (Å²) in [6.45, 7) is 5.97. The summed E-state index contributed by atoms with van der Waals surface area (Å²) in [6, 6.07) is 5.72. The van der Waals surface area contributed by atoms with Gasteiger partial charge in [0.25, 0.3) is 0 Å². The first-order valence-corrected chi connectivity index (χ1v) is 6.92. The van der Waals surface area contributed by atoms with Crippen molar-refractivity contribution in [1.82, 2.24) is 9.78 Å². The number of nitro groups is 1. The van der Waals surface area contributed by atoms with E-state index in [4.69, 9.17) is 0 Å². The molecule has 2 aromatic rings. The van der Waals surface area contributed by atoms with Gasteiger partial charge in [0, 0.05) is 5.69 Å². The van der Waals surface area contributed by atoms with Gasteiger partial charge in [-0.3, -0.25) is 19.6 Å². The fourth-order valence-corrected chi connectivity index (χ4v) is 2.05. The Labute approximate surface area is 128 Å². The van der Waals surface area contributed by atoms with Crippen LogP contribution in [0.15, 0.2) is 30.6 Å². The summed E-state index contributed by atoms with van der Waals surface area (Å²) in [4.78, 5) is 22.3. The Bertz CT molecular complexity index is 709. The third-order valence-corrected chi connectivity index (χ3v) is 3.60. The Morgan fingerprint density at radius 1 is 1.45 bits per heavy atom. The second-order valence-corrected chi connectivity index (χ2v) is 5.32. The lowest BCUT2D eigenvalue weighted by molar-refractivity contribution is -0.385. The maximum atomic E-state index is 12.2. The van der Waals surface area contributed by atoms with Crippen molar-refractivity contribution < 1.29 is 9.72 Å². The zero-order valence-electron chi connectivity index (χ0n) is 12.7. The second-order valence-electron chi connectivity index (χ2n) is 5.32. The molecule has 116 valence electrons. The molecule has 22 heavy (non-hydrogen) atoms. The SMILES string of the molecule is Cc1cccc(NC(=O)C(C)Cn2cc([N+](=O)[O-])cn2)c1C. The zero-order valence-corrected chi connectivity index (χ0v) is 12.7. The Morgan fingerprint density at radius 3 is 2.82 bits per heavy atom. The van der Waals surface area contributed by atoms with Gasteiger partial charge in [0.05, 0.1) is 17.4 Å². The van der Waals surface area contributed by atoms with E-state index in [2.05, 4.69) is 10.4 Å². The molecule has 2 rings (SSSR count). The van der Waals surface area contributed by atoms with Crippen molar-refractivity contribution in [3.63, 3.8) is 0 Å². The summed E-state index contributed by atoms with van der Waals surface area (Å²) in [5.74, 6) is -0.508. The van der Waals surface area contributed by atoms with Crippen molar-refractivity contribution in [1.29, 1.82) is 0 Å². The van der Waals surface area contributed by atoms with Crippen molar-refractivity contribution in [3.05, 3.63) is 51.8 Å². The van der Waals surface area contributed by atoms with Gasteiger partial charge in [-0.1, -0.05) is 19.1 Å². The van der Waals surface area contributed by atoms with Crippen LogP contribution < -0.4 is 5.32 Å². The molecule has 0 bridgehead atoms. The molecule has 0 aliphatic carbocycles. The van der Waals surface area contributed by atoms with E-state index in [1.165, 1.54) is 17.1 Å². The summed E-state index contributed by atoms with van der Waals surface area (Å²) in [7, 11) is 0. The molecule has 1 N–H and O–H groups in total. The molecule has 1 heterocycles. The number of benzene rings is 1. The standard InChI is InChI=1S/C15H18N4O3/c1-10-5-4-6-14(12(10)3)17-15(20)11(2)8-18-9-13(7-16-18)19(21)22/h4-7,9,11H,8H2,1-3H3,(H,17,20). The van der Waals surface area contributed by atoms with Crippen LogP contribution >= 0.6 is 0 Å². The first-order valence-electron chi connectivity index (χ1n) is 6.92. The molecule has 1 amide bonds. The van der Waals surface area contributed by atoms with E-state index >= 15 is 0 Å². The van der Waals surface area contributed by atoms with Crippen LogP contribution in [0.2, 0.25) is 0 Å². The Hall–Kier alpha value is -2.70. The monoisotopic (exact) mass is 302 g/mol. The highest BCUT2D eigenvalue weighted by atomic mass is 16.6. The van der Waals surface area contributed by atoms with Gasteiger partial charge in [-0.15, -0.1) is 0 Å². The normalized spacial score (nSPS) is 12.0. The number of nitrogens with one attached hydrogen (secondary N) is 1. The highest BCUT2D eigenvalue weighted by Crippen LogP contribution is 2.19. The van der Waals surface area contributed by atoms with E-state index in [1.807, 2.05) is 32.0 Å². The van der Waals surface area contributed by atoms with E-state index in [-0.39, 0.29) is 24.1 Å². The van der Waals surface area contributed by atoms with E-state index in [9.17, 15) is 14.9 Å². The number of amides is 1. The molecule has 0 saturated carbocycles. The highest BCUT2D eigenvalue weighted by Gasteiger charge is 2.17. The molecule has 0 saturated heterocycles. The summed E-state index contributed by atoms with van der Waals surface area (Å²) >= 11 is 0. The van der Waals surface area contributed by atoms with E-state index in [1.54, 1.807) is 6.92 Å². The summed E-state index contributed by atoms with van der Waals surface area (Å²) in [6.07, 6.45) is 2.50. The number of hydrogen-bond acceptors (Lipinski definition) is 4. The van der Waals surface area contributed by atoms with Crippen LogP contribution in [0.25, 0.3) is 0 Å². The van der Waals surface area contributed by atoms with Crippen molar-refractivity contribution in [2.75, 3.05) is 5.32 Å². The number of anilines is 1. The molecule has 0 spiro atoms. The number of aromatic nitrogens is 2. The third kappa shape index (κ3) is 3.49. The minimum atomic E-state index is -0.510. The van der Waals surface area contributed by atoms with Crippen LogP contribution in [0.5, 0.6) is 0 Å². The Kier molecular flexibility index (Phi) is 4.55. The lowest BCUT2D eigenvalue weighted by atomic mass is 10.1. The molecule has 1 atom stereocenters. The van der Waals surface area contributed by atoms with Gasteiger partial charge in [-0.2, -0.15) is 5.10 Å². The van der Waals surface area contributed by atoms with Gasteiger partial charge < -0.3 is 5.32 Å². The first kappa shape index (κ1) is 15.7. The third-order valence-electron chi connectivity index (χ3n) is 3.60. The first-order chi connectivity index (χ1) is 10.4. The minimum Gasteiger partial charge on any atom is -0.326 e. The molecular formula is C15H18N4O3. The number of aryl methyl sites for hydroxylation is 1. The molecular weight excluding hydrogens is 284 g/mol. The molecule has 0 radical (unpaired) electrons. The number of hydrogen-bond donors (Lipinski definition) is 1. The summed E-state index contributed by atoms with van der Waals surface area (Å²) in [5.41, 5.74) is 2.83. The average Bonchev–Trinajstić information content (AvgIpc) is 2.92. The zero-order chi connectivity index (χ0) is 16.3. The maximum Gasteiger partial charge on any atom is 0.306 e.